The van der Waals surface area contributed by atoms with E-state index in [2.05, 4.69) is 19.2 Å². The number of benzene rings is 2. The maximum atomic E-state index is 12.4. The van der Waals surface area contributed by atoms with Crippen molar-refractivity contribution in [2.24, 2.45) is 0 Å². The van der Waals surface area contributed by atoms with Crippen molar-refractivity contribution in [1.82, 2.24) is 5.32 Å². The molecule has 1 amide bonds. The van der Waals surface area contributed by atoms with Crippen LogP contribution in [0.15, 0.2) is 30.3 Å². The molecule has 2 N–H and O–H groups in total. The van der Waals surface area contributed by atoms with E-state index >= 15 is 0 Å². The van der Waals surface area contributed by atoms with E-state index in [1.54, 1.807) is 12.1 Å². The molecule has 4 nitrogen and oxygen atoms in total. The summed E-state index contributed by atoms with van der Waals surface area (Å²) in [6, 6.07) is 9.47. The van der Waals surface area contributed by atoms with Crippen molar-refractivity contribution in [3.8, 4) is 17.2 Å². The highest BCUT2D eigenvalue weighted by molar-refractivity contribution is 5.79. The molecule has 1 atom stereocenters. The summed E-state index contributed by atoms with van der Waals surface area (Å²) in [4.78, 5) is 12.4. The lowest BCUT2D eigenvalue weighted by atomic mass is 10.0. The van der Waals surface area contributed by atoms with Gasteiger partial charge in [-0.1, -0.05) is 46.2 Å². The number of rotatable bonds is 8. The maximum absolute atomic E-state index is 12.4. The maximum Gasteiger partial charge on any atom is 0.224 e. The smallest absolute Gasteiger partial charge is 0.224 e. The Morgan fingerprint density at radius 3 is 2.17 bits per heavy atom. The van der Waals surface area contributed by atoms with Crippen molar-refractivity contribution in [3.63, 3.8) is 0 Å². The first kappa shape index (κ1) is 24.5. The number of aryl methyl sites for hydroxylation is 3. The highest BCUT2D eigenvalue weighted by atomic mass is 16.5. The zero-order valence-electron chi connectivity index (χ0n) is 19.1. The van der Waals surface area contributed by atoms with Gasteiger partial charge in [0, 0.05) is 6.04 Å². The largest absolute Gasteiger partial charge is 0.508 e. The van der Waals surface area contributed by atoms with Crippen LogP contribution >= 0.6 is 0 Å². The van der Waals surface area contributed by atoms with Crippen LogP contribution in [0.5, 0.6) is 17.2 Å². The Bertz CT molecular complexity index is 776. The lowest BCUT2D eigenvalue weighted by Gasteiger charge is -2.17. The van der Waals surface area contributed by atoms with E-state index in [-0.39, 0.29) is 17.7 Å². The van der Waals surface area contributed by atoms with E-state index < -0.39 is 0 Å². The Morgan fingerprint density at radius 2 is 1.66 bits per heavy atom. The predicted octanol–water partition coefficient (Wildman–Crippen LogP) is 6.37. The van der Waals surface area contributed by atoms with E-state index in [1.165, 1.54) is 0 Å². The van der Waals surface area contributed by atoms with E-state index in [9.17, 15) is 9.90 Å². The van der Waals surface area contributed by atoms with Crippen LogP contribution in [0, 0.1) is 20.8 Å². The number of phenolic OH excluding ortho intramolecular Hbond substituents is 1. The molecule has 1 unspecified atom stereocenters. The molecule has 0 saturated carbocycles. The van der Waals surface area contributed by atoms with E-state index in [0.29, 0.717) is 12.2 Å². The van der Waals surface area contributed by atoms with Gasteiger partial charge in [0.2, 0.25) is 5.91 Å². The van der Waals surface area contributed by atoms with Gasteiger partial charge < -0.3 is 15.2 Å². The minimum absolute atomic E-state index is 0.0666. The minimum atomic E-state index is 0.0666. The third kappa shape index (κ3) is 7.45. The third-order valence-electron chi connectivity index (χ3n) is 4.77. The summed E-state index contributed by atoms with van der Waals surface area (Å²) in [7, 11) is 0. The normalized spacial score (nSPS) is 11.3. The van der Waals surface area contributed by atoms with Crippen molar-refractivity contribution < 1.29 is 14.6 Å². The van der Waals surface area contributed by atoms with Crippen LogP contribution in [0.1, 0.15) is 69.2 Å². The molecule has 0 aromatic heterocycles. The molecule has 0 heterocycles. The Labute approximate surface area is 176 Å². The summed E-state index contributed by atoms with van der Waals surface area (Å²) in [5.41, 5.74) is 3.74. The lowest BCUT2D eigenvalue weighted by Crippen LogP contribution is -2.35. The molecular weight excluding hydrogens is 362 g/mol. The van der Waals surface area contributed by atoms with Gasteiger partial charge in [0.25, 0.3) is 0 Å². The van der Waals surface area contributed by atoms with Crippen LogP contribution < -0.4 is 10.1 Å². The molecular formula is C25H37NO3. The first-order valence-electron chi connectivity index (χ1n) is 10.7. The summed E-state index contributed by atoms with van der Waals surface area (Å²) in [6.07, 6.45) is 3.41. The Kier molecular flexibility index (Phi) is 10.3. The third-order valence-corrected chi connectivity index (χ3v) is 4.77. The van der Waals surface area contributed by atoms with Crippen LogP contribution in [0.3, 0.4) is 0 Å². The van der Waals surface area contributed by atoms with Crippen LogP contribution in [-0.2, 0) is 11.2 Å². The number of hydrogen-bond acceptors (Lipinski definition) is 3. The molecule has 0 saturated heterocycles. The van der Waals surface area contributed by atoms with Crippen LogP contribution in [-0.4, -0.2) is 17.1 Å². The van der Waals surface area contributed by atoms with Gasteiger partial charge in [-0.25, -0.2) is 0 Å². The molecule has 0 bridgehead atoms. The molecule has 29 heavy (non-hydrogen) atoms. The van der Waals surface area contributed by atoms with Gasteiger partial charge >= 0.3 is 0 Å². The van der Waals surface area contributed by atoms with E-state index in [1.807, 2.05) is 52.8 Å². The second-order valence-corrected chi connectivity index (χ2v) is 7.25. The van der Waals surface area contributed by atoms with Gasteiger partial charge in [0.05, 0.1) is 6.42 Å². The average molecular weight is 400 g/mol. The van der Waals surface area contributed by atoms with Gasteiger partial charge in [-0.05, 0) is 74.1 Å². The fraction of sp³-hybridized carbons (Fsp3) is 0.480. The van der Waals surface area contributed by atoms with Gasteiger partial charge in [-0.3, -0.25) is 4.79 Å². The van der Waals surface area contributed by atoms with Crippen LogP contribution in [0.4, 0.5) is 0 Å². The molecule has 4 heteroatoms. The number of carbonyl (C=O) groups excluding carboxylic acids is 1. The van der Waals surface area contributed by atoms with Crippen molar-refractivity contribution >= 4 is 5.91 Å². The Balaban J connectivity index is 0.00000204. The topological polar surface area (TPSA) is 58.6 Å². The standard InChI is InChI=1S/C23H31NO3.C2H6/c1-6-8-19(7-2)24-22(26)14-18-11-16(4)23(17(5)12-18)27-20-9-10-21(25)15(3)13-20;1-2/h9-13,19,25H,6-8,14H2,1-5H3,(H,24,26);1-2H3. The van der Waals surface area contributed by atoms with Crippen LogP contribution in [0.25, 0.3) is 0 Å². The lowest BCUT2D eigenvalue weighted by molar-refractivity contribution is -0.121. The number of phenols is 1. The first-order chi connectivity index (χ1) is 13.8. The van der Waals surface area contributed by atoms with Crippen molar-refractivity contribution in [3.05, 3.63) is 52.6 Å². The van der Waals surface area contributed by atoms with Crippen molar-refractivity contribution in [1.29, 1.82) is 0 Å². The molecule has 2 aromatic carbocycles. The van der Waals surface area contributed by atoms with Crippen molar-refractivity contribution in [2.45, 2.75) is 80.2 Å². The molecule has 0 spiro atoms. The molecule has 2 aromatic rings. The highest BCUT2D eigenvalue weighted by Gasteiger charge is 2.13. The monoisotopic (exact) mass is 399 g/mol. The quantitative estimate of drug-likeness (QED) is 0.542. The predicted molar refractivity (Wildman–Crippen MR) is 121 cm³/mol. The van der Waals surface area contributed by atoms with Crippen molar-refractivity contribution in [2.75, 3.05) is 0 Å². The van der Waals surface area contributed by atoms with Gasteiger partial charge in [0.1, 0.15) is 17.2 Å². The molecule has 0 aliphatic carbocycles. The molecule has 0 aliphatic heterocycles. The average Bonchev–Trinajstić information content (AvgIpc) is 2.68. The molecule has 0 aliphatic rings. The van der Waals surface area contributed by atoms with Crippen LogP contribution in [0.2, 0.25) is 0 Å². The molecule has 0 radical (unpaired) electrons. The number of aromatic hydroxyl groups is 1. The Hall–Kier alpha value is -2.49. The fourth-order valence-corrected chi connectivity index (χ4v) is 3.30. The summed E-state index contributed by atoms with van der Waals surface area (Å²) < 4.78 is 6.04. The number of nitrogens with one attached hydrogen (secondary N) is 1. The zero-order valence-corrected chi connectivity index (χ0v) is 19.1. The second-order valence-electron chi connectivity index (χ2n) is 7.25. The molecule has 0 fully saturated rings. The molecule has 2 rings (SSSR count). The molecule has 160 valence electrons. The first-order valence-corrected chi connectivity index (χ1v) is 10.7. The second kappa shape index (κ2) is 12.2. The Morgan fingerprint density at radius 1 is 1.03 bits per heavy atom. The van der Waals surface area contributed by atoms with Gasteiger partial charge in [-0.15, -0.1) is 0 Å². The number of carbonyl (C=O) groups is 1. The summed E-state index contributed by atoms with van der Waals surface area (Å²) >= 11 is 0. The highest BCUT2D eigenvalue weighted by Crippen LogP contribution is 2.32. The minimum Gasteiger partial charge on any atom is -0.508 e. The van der Waals surface area contributed by atoms with E-state index in [4.69, 9.17) is 4.74 Å². The summed E-state index contributed by atoms with van der Waals surface area (Å²) in [5.74, 6) is 1.80. The number of ether oxygens (including phenoxy) is 1. The van der Waals surface area contributed by atoms with Gasteiger partial charge in [-0.2, -0.15) is 0 Å². The fourth-order valence-electron chi connectivity index (χ4n) is 3.30. The SMILES string of the molecule is CC.CCCC(CC)NC(=O)Cc1cc(C)c(Oc2ccc(O)c(C)c2)c(C)c1. The summed E-state index contributed by atoms with van der Waals surface area (Å²) in [6.45, 7) is 14.1. The van der Waals surface area contributed by atoms with Gasteiger partial charge in [0.15, 0.2) is 0 Å². The summed E-state index contributed by atoms with van der Waals surface area (Å²) in [5, 5.41) is 12.8. The van der Waals surface area contributed by atoms with E-state index in [0.717, 1.165) is 47.3 Å². The number of amides is 1. The number of hydrogen-bond donors (Lipinski definition) is 2. The zero-order chi connectivity index (χ0) is 22.0.